The average molecular weight is 233 g/mol. The molecule has 0 bridgehead atoms. The van der Waals surface area contributed by atoms with Crippen molar-refractivity contribution in [3.63, 3.8) is 0 Å². The molecule has 0 amide bonds. The number of ether oxygens (including phenoxy) is 3. The number of hydrogen-bond acceptors (Lipinski definition) is 5. The number of methoxy groups -OCH3 is 1. The molecular weight excluding hydrogens is 210 g/mol. The van der Waals surface area contributed by atoms with E-state index in [0.717, 1.165) is 0 Å². The Kier molecular flexibility index (Phi) is 10.4. The molecule has 0 aromatic heterocycles. The molecule has 0 aliphatic carbocycles. The van der Waals surface area contributed by atoms with Gasteiger partial charge in [-0.3, -0.25) is 4.79 Å². The SMILES string of the molecule is COCCOCCCOC(=O)CCC(C)N. The Hall–Kier alpha value is -0.650. The number of hydrogen-bond donors (Lipinski definition) is 1. The minimum atomic E-state index is -0.186. The quantitative estimate of drug-likeness (QED) is 0.444. The molecule has 16 heavy (non-hydrogen) atoms. The summed E-state index contributed by atoms with van der Waals surface area (Å²) in [5.74, 6) is -0.186. The van der Waals surface area contributed by atoms with Crippen molar-refractivity contribution in [2.45, 2.75) is 32.2 Å². The second kappa shape index (κ2) is 10.9. The van der Waals surface area contributed by atoms with Crippen molar-refractivity contribution in [1.29, 1.82) is 0 Å². The Labute approximate surface area is 97.2 Å². The van der Waals surface area contributed by atoms with Gasteiger partial charge in [0.1, 0.15) is 0 Å². The molecule has 0 rings (SSSR count). The largest absolute Gasteiger partial charge is 0.466 e. The molecule has 0 saturated carbocycles. The molecule has 5 heteroatoms. The smallest absolute Gasteiger partial charge is 0.305 e. The molecule has 0 spiro atoms. The molecule has 0 fully saturated rings. The fourth-order valence-electron chi connectivity index (χ4n) is 1.01. The first kappa shape index (κ1) is 15.3. The number of carbonyl (C=O) groups is 1. The van der Waals surface area contributed by atoms with E-state index in [0.29, 0.717) is 45.7 Å². The number of esters is 1. The van der Waals surface area contributed by atoms with E-state index in [1.54, 1.807) is 7.11 Å². The maximum Gasteiger partial charge on any atom is 0.305 e. The van der Waals surface area contributed by atoms with Crippen LogP contribution in [-0.2, 0) is 19.0 Å². The van der Waals surface area contributed by atoms with Crippen LogP contribution in [0.2, 0.25) is 0 Å². The van der Waals surface area contributed by atoms with Crippen LogP contribution in [0.25, 0.3) is 0 Å². The van der Waals surface area contributed by atoms with Crippen LogP contribution in [0.15, 0.2) is 0 Å². The van der Waals surface area contributed by atoms with Crippen molar-refractivity contribution < 1.29 is 19.0 Å². The summed E-state index contributed by atoms with van der Waals surface area (Å²) in [7, 11) is 1.63. The molecule has 0 aromatic rings. The molecule has 2 N–H and O–H groups in total. The molecule has 0 radical (unpaired) electrons. The standard InChI is InChI=1S/C11H23NO4/c1-10(12)4-5-11(13)16-7-3-6-15-9-8-14-2/h10H,3-9,12H2,1-2H3. The predicted octanol–water partition coefficient (Wildman–Crippen LogP) is 0.710. The number of rotatable bonds is 10. The minimum Gasteiger partial charge on any atom is -0.466 e. The van der Waals surface area contributed by atoms with Crippen LogP contribution in [0.1, 0.15) is 26.2 Å². The summed E-state index contributed by atoms with van der Waals surface area (Å²) in [5, 5.41) is 0. The van der Waals surface area contributed by atoms with Crippen LogP contribution in [0.3, 0.4) is 0 Å². The number of carbonyl (C=O) groups excluding carboxylic acids is 1. The molecule has 5 nitrogen and oxygen atoms in total. The van der Waals surface area contributed by atoms with Gasteiger partial charge in [0.05, 0.1) is 19.8 Å². The first-order chi connectivity index (χ1) is 7.66. The molecule has 0 aliphatic heterocycles. The van der Waals surface area contributed by atoms with Crippen molar-refractivity contribution in [2.75, 3.05) is 33.5 Å². The summed E-state index contributed by atoms with van der Waals surface area (Å²) >= 11 is 0. The van der Waals surface area contributed by atoms with Crippen LogP contribution in [0, 0.1) is 0 Å². The highest BCUT2D eigenvalue weighted by atomic mass is 16.5. The lowest BCUT2D eigenvalue weighted by molar-refractivity contribution is -0.144. The van der Waals surface area contributed by atoms with Gasteiger partial charge in [0.25, 0.3) is 0 Å². The molecule has 96 valence electrons. The molecule has 0 saturated heterocycles. The summed E-state index contributed by atoms with van der Waals surface area (Å²) < 4.78 is 15.0. The second-order valence-electron chi connectivity index (χ2n) is 3.70. The fourth-order valence-corrected chi connectivity index (χ4v) is 1.01. The van der Waals surface area contributed by atoms with E-state index in [1.165, 1.54) is 0 Å². The summed E-state index contributed by atoms with van der Waals surface area (Å²) in [6.45, 7) is 4.04. The van der Waals surface area contributed by atoms with Crippen molar-refractivity contribution >= 4 is 5.97 Å². The zero-order valence-electron chi connectivity index (χ0n) is 10.2. The van der Waals surface area contributed by atoms with E-state index in [1.807, 2.05) is 6.92 Å². The molecule has 0 heterocycles. The van der Waals surface area contributed by atoms with Gasteiger partial charge in [-0.2, -0.15) is 0 Å². The van der Waals surface area contributed by atoms with E-state index < -0.39 is 0 Å². The highest BCUT2D eigenvalue weighted by Gasteiger charge is 2.04. The minimum absolute atomic E-state index is 0.0462. The molecular formula is C11H23NO4. The van der Waals surface area contributed by atoms with Gasteiger partial charge < -0.3 is 19.9 Å². The highest BCUT2D eigenvalue weighted by molar-refractivity contribution is 5.69. The van der Waals surface area contributed by atoms with Crippen molar-refractivity contribution in [2.24, 2.45) is 5.73 Å². The third-order valence-electron chi connectivity index (χ3n) is 1.93. The average Bonchev–Trinajstić information content (AvgIpc) is 2.25. The van der Waals surface area contributed by atoms with Gasteiger partial charge >= 0.3 is 5.97 Å². The third kappa shape index (κ3) is 11.4. The van der Waals surface area contributed by atoms with Crippen LogP contribution in [-0.4, -0.2) is 45.5 Å². The normalized spacial score (nSPS) is 12.4. The second-order valence-corrected chi connectivity index (χ2v) is 3.70. The summed E-state index contributed by atoms with van der Waals surface area (Å²) in [5.41, 5.74) is 5.52. The van der Waals surface area contributed by atoms with Crippen molar-refractivity contribution in [3.05, 3.63) is 0 Å². The van der Waals surface area contributed by atoms with E-state index in [2.05, 4.69) is 0 Å². The molecule has 1 atom stereocenters. The molecule has 0 aliphatic rings. The predicted molar refractivity (Wildman–Crippen MR) is 61.2 cm³/mol. The Morgan fingerprint density at radius 1 is 1.25 bits per heavy atom. The zero-order chi connectivity index (χ0) is 12.2. The van der Waals surface area contributed by atoms with Gasteiger partial charge in [-0.1, -0.05) is 0 Å². The lowest BCUT2D eigenvalue weighted by Gasteiger charge is -2.06. The van der Waals surface area contributed by atoms with Gasteiger partial charge in [-0.05, 0) is 13.3 Å². The fraction of sp³-hybridized carbons (Fsp3) is 0.909. The lowest BCUT2D eigenvalue weighted by Crippen LogP contribution is -2.17. The third-order valence-corrected chi connectivity index (χ3v) is 1.93. The lowest BCUT2D eigenvalue weighted by atomic mass is 10.2. The summed E-state index contributed by atoms with van der Waals surface area (Å²) in [6, 6.07) is 0.0462. The van der Waals surface area contributed by atoms with Crippen LogP contribution < -0.4 is 5.73 Å². The zero-order valence-corrected chi connectivity index (χ0v) is 10.2. The van der Waals surface area contributed by atoms with E-state index >= 15 is 0 Å². The van der Waals surface area contributed by atoms with Gasteiger partial charge in [0.2, 0.25) is 0 Å². The van der Waals surface area contributed by atoms with E-state index in [-0.39, 0.29) is 12.0 Å². The van der Waals surface area contributed by atoms with Crippen molar-refractivity contribution in [3.8, 4) is 0 Å². The first-order valence-corrected chi connectivity index (χ1v) is 5.64. The van der Waals surface area contributed by atoms with Gasteiger partial charge in [0, 0.05) is 32.6 Å². The maximum absolute atomic E-state index is 11.1. The van der Waals surface area contributed by atoms with Crippen LogP contribution in [0.5, 0.6) is 0 Å². The Balaban J connectivity index is 3.15. The summed E-state index contributed by atoms with van der Waals surface area (Å²) in [4.78, 5) is 11.1. The van der Waals surface area contributed by atoms with Gasteiger partial charge in [-0.25, -0.2) is 0 Å². The first-order valence-electron chi connectivity index (χ1n) is 5.64. The highest BCUT2D eigenvalue weighted by Crippen LogP contribution is 1.97. The van der Waals surface area contributed by atoms with E-state index in [4.69, 9.17) is 19.9 Å². The maximum atomic E-state index is 11.1. The van der Waals surface area contributed by atoms with Gasteiger partial charge in [-0.15, -0.1) is 0 Å². The van der Waals surface area contributed by atoms with Gasteiger partial charge in [0.15, 0.2) is 0 Å². The Morgan fingerprint density at radius 3 is 2.62 bits per heavy atom. The topological polar surface area (TPSA) is 70.8 Å². The van der Waals surface area contributed by atoms with Crippen LogP contribution in [0.4, 0.5) is 0 Å². The van der Waals surface area contributed by atoms with E-state index in [9.17, 15) is 4.79 Å². The Morgan fingerprint density at radius 2 is 2.00 bits per heavy atom. The van der Waals surface area contributed by atoms with Crippen LogP contribution >= 0.6 is 0 Å². The monoisotopic (exact) mass is 233 g/mol. The molecule has 1 unspecified atom stereocenters. The van der Waals surface area contributed by atoms with Crippen molar-refractivity contribution in [1.82, 2.24) is 0 Å². The summed E-state index contributed by atoms with van der Waals surface area (Å²) in [6.07, 6.45) is 1.78. The number of nitrogens with two attached hydrogens (primary N) is 1. The Bertz CT molecular complexity index is 173. The molecule has 0 aromatic carbocycles.